The van der Waals surface area contributed by atoms with E-state index in [1.165, 1.54) is 0 Å². The molecule has 0 radical (unpaired) electrons. The molecule has 0 amide bonds. The number of hydrogen-bond acceptors (Lipinski definition) is 5. The molecule has 1 aliphatic rings. The topological polar surface area (TPSA) is 60.2 Å². The first-order valence-electron chi connectivity index (χ1n) is 5.95. The molecular weight excluding hydrogens is 275 g/mol. The highest BCUT2D eigenvalue weighted by molar-refractivity contribution is 5.54. The second-order valence-corrected chi connectivity index (χ2v) is 4.29. The van der Waals surface area contributed by atoms with E-state index < -0.39 is 17.5 Å². The van der Waals surface area contributed by atoms with Crippen LogP contribution in [0.4, 0.5) is 13.2 Å². The summed E-state index contributed by atoms with van der Waals surface area (Å²) in [5, 5.41) is 6.74. The summed E-state index contributed by atoms with van der Waals surface area (Å²) >= 11 is 0. The van der Waals surface area contributed by atoms with Gasteiger partial charge in [-0.3, -0.25) is 0 Å². The van der Waals surface area contributed by atoms with Crippen molar-refractivity contribution in [2.24, 2.45) is 0 Å². The van der Waals surface area contributed by atoms with Crippen molar-refractivity contribution in [3.05, 3.63) is 35.5 Å². The fourth-order valence-electron chi connectivity index (χ4n) is 1.90. The second-order valence-electron chi connectivity index (χ2n) is 4.29. The van der Waals surface area contributed by atoms with Gasteiger partial charge in [-0.15, -0.1) is 0 Å². The molecule has 1 unspecified atom stereocenters. The van der Waals surface area contributed by atoms with Crippen molar-refractivity contribution in [1.29, 1.82) is 0 Å². The largest absolute Gasteiger partial charge is 0.378 e. The van der Waals surface area contributed by atoms with Crippen LogP contribution in [0.5, 0.6) is 0 Å². The molecule has 8 heteroatoms. The van der Waals surface area contributed by atoms with Gasteiger partial charge in [-0.2, -0.15) is 4.98 Å². The van der Waals surface area contributed by atoms with E-state index in [9.17, 15) is 13.2 Å². The van der Waals surface area contributed by atoms with Gasteiger partial charge in [0.2, 0.25) is 11.7 Å². The quantitative estimate of drug-likeness (QED) is 0.853. The van der Waals surface area contributed by atoms with E-state index in [-0.39, 0.29) is 23.3 Å². The highest BCUT2D eigenvalue weighted by Gasteiger charge is 2.23. The molecule has 2 aromatic rings. The van der Waals surface area contributed by atoms with Gasteiger partial charge in [-0.25, -0.2) is 13.2 Å². The fourth-order valence-corrected chi connectivity index (χ4v) is 1.90. The Kier molecular flexibility index (Phi) is 3.41. The molecule has 0 saturated carbocycles. The zero-order chi connectivity index (χ0) is 14.1. The Morgan fingerprint density at radius 3 is 2.60 bits per heavy atom. The lowest BCUT2D eigenvalue weighted by Gasteiger charge is -2.20. The number of morpholine rings is 1. The predicted octanol–water partition coefficient (Wildman–Crippen LogP) is 1.81. The third kappa shape index (κ3) is 2.39. The summed E-state index contributed by atoms with van der Waals surface area (Å²) in [5.41, 5.74) is 0.00753. The third-order valence-electron chi connectivity index (χ3n) is 2.90. The second kappa shape index (κ2) is 5.22. The van der Waals surface area contributed by atoms with E-state index in [2.05, 4.69) is 15.5 Å². The number of rotatable bonds is 2. The van der Waals surface area contributed by atoms with E-state index in [1.807, 2.05) is 0 Å². The maximum Gasteiger partial charge on any atom is 0.246 e. The molecule has 106 valence electrons. The summed E-state index contributed by atoms with van der Waals surface area (Å²) < 4.78 is 49.5. The first-order valence-corrected chi connectivity index (χ1v) is 5.95. The van der Waals surface area contributed by atoms with E-state index in [1.54, 1.807) is 0 Å². The Morgan fingerprint density at radius 1 is 1.20 bits per heavy atom. The Morgan fingerprint density at radius 2 is 1.95 bits per heavy atom. The number of ether oxygens (including phenoxy) is 1. The summed E-state index contributed by atoms with van der Waals surface area (Å²) in [6.07, 6.45) is 0. The number of benzene rings is 1. The van der Waals surface area contributed by atoms with Crippen molar-refractivity contribution in [2.75, 3.05) is 19.8 Å². The van der Waals surface area contributed by atoms with Gasteiger partial charge in [-0.05, 0) is 12.1 Å². The van der Waals surface area contributed by atoms with Crippen LogP contribution in [-0.2, 0) is 4.74 Å². The van der Waals surface area contributed by atoms with Crippen molar-refractivity contribution in [3.8, 4) is 11.4 Å². The minimum atomic E-state index is -1.53. The molecule has 20 heavy (non-hydrogen) atoms. The molecule has 1 aliphatic heterocycles. The molecule has 0 aliphatic carbocycles. The smallest absolute Gasteiger partial charge is 0.246 e. The number of hydrogen-bond donors (Lipinski definition) is 1. The lowest BCUT2D eigenvalue weighted by Crippen LogP contribution is -2.34. The first kappa shape index (κ1) is 13.1. The van der Waals surface area contributed by atoms with Crippen molar-refractivity contribution in [1.82, 2.24) is 15.5 Å². The molecule has 3 rings (SSSR count). The zero-order valence-electron chi connectivity index (χ0n) is 10.2. The highest BCUT2D eigenvalue weighted by Crippen LogP contribution is 2.23. The molecule has 1 atom stereocenters. The van der Waals surface area contributed by atoms with E-state index in [0.717, 1.165) is 12.1 Å². The maximum absolute atomic E-state index is 13.2. The van der Waals surface area contributed by atoms with Crippen molar-refractivity contribution >= 4 is 0 Å². The molecule has 1 aromatic carbocycles. The van der Waals surface area contributed by atoms with Crippen LogP contribution in [0.15, 0.2) is 16.7 Å². The third-order valence-corrected chi connectivity index (χ3v) is 2.90. The Labute approximate surface area is 111 Å². The average Bonchev–Trinajstić information content (AvgIpc) is 2.95. The molecule has 1 saturated heterocycles. The van der Waals surface area contributed by atoms with E-state index >= 15 is 0 Å². The summed E-state index contributed by atoms with van der Waals surface area (Å²) in [7, 11) is 0. The minimum absolute atomic E-state index is 0.00753. The van der Waals surface area contributed by atoms with Crippen LogP contribution >= 0.6 is 0 Å². The van der Waals surface area contributed by atoms with E-state index in [4.69, 9.17) is 9.26 Å². The number of halogens is 3. The average molecular weight is 285 g/mol. The van der Waals surface area contributed by atoms with Crippen LogP contribution < -0.4 is 5.32 Å². The van der Waals surface area contributed by atoms with Gasteiger partial charge in [0.25, 0.3) is 0 Å². The Balaban J connectivity index is 1.89. The standard InChI is InChI=1S/C12H10F3N3O2/c13-7-3-6(4-8(14)10(7)15)11-17-12(20-18-11)9-5-19-2-1-16-9/h3-4,9,16H,1-2,5H2. The lowest BCUT2D eigenvalue weighted by atomic mass is 10.2. The van der Waals surface area contributed by atoms with Gasteiger partial charge in [0.15, 0.2) is 17.5 Å². The van der Waals surface area contributed by atoms with Gasteiger partial charge < -0.3 is 14.6 Å². The van der Waals surface area contributed by atoms with Gasteiger partial charge in [0.05, 0.1) is 13.2 Å². The summed E-state index contributed by atoms with van der Waals surface area (Å²) in [4.78, 5) is 4.04. The number of nitrogens with zero attached hydrogens (tertiary/aromatic N) is 2. The lowest BCUT2D eigenvalue weighted by molar-refractivity contribution is 0.0659. The highest BCUT2D eigenvalue weighted by atomic mass is 19.2. The van der Waals surface area contributed by atoms with Gasteiger partial charge in [0.1, 0.15) is 6.04 Å². The van der Waals surface area contributed by atoms with Crippen LogP contribution in [0.25, 0.3) is 11.4 Å². The number of nitrogens with one attached hydrogen (secondary N) is 1. The molecule has 2 heterocycles. The van der Waals surface area contributed by atoms with Crippen molar-refractivity contribution < 1.29 is 22.4 Å². The molecular formula is C12H10F3N3O2. The molecule has 1 N–H and O–H groups in total. The summed E-state index contributed by atoms with van der Waals surface area (Å²) in [5.74, 6) is -3.88. The van der Waals surface area contributed by atoms with Crippen molar-refractivity contribution in [2.45, 2.75) is 6.04 Å². The zero-order valence-corrected chi connectivity index (χ0v) is 10.2. The SMILES string of the molecule is Fc1cc(-c2noc(C3COCCN3)n2)cc(F)c1F. The van der Waals surface area contributed by atoms with Crippen molar-refractivity contribution in [3.63, 3.8) is 0 Å². The fraction of sp³-hybridized carbons (Fsp3) is 0.333. The number of aromatic nitrogens is 2. The molecule has 0 bridgehead atoms. The van der Waals surface area contributed by atoms with Gasteiger partial charge >= 0.3 is 0 Å². The summed E-state index contributed by atoms with van der Waals surface area (Å²) in [6, 6.07) is 1.37. The summed E-state index contributed by atoms with van der Waals surface area (Å²) in [6.45, 7) is 1.60. The normalized spacial score (nSPS) is 19.2. The monoisotopic (exact) mass is 285 g/mol. The molecule has 1 aromatic heterocycles. The van der Waals surface area contributed by atoms with Gasteiger partial charge in [0, 0.05) is 12.1 Å². The maximum atomic E-state index is 13.2. The van der Waals surface area contributed by atoms with E-state index in [0.29, 0.717) is 19.8 Å². The van der Waals surface area contributed by atoms with Crippen LogP contribution in [0, 0.1) is 17.5 Å². The van der Waals surface area contributed by atoms with Crippen LogP contribution in [0.1, 0.15) is 11.9 Å². The van der Waals surface area contributed by atoms with Crippen LogP contribution in [0.3, 0.4) is 0 Å². The van der Waals surface area contributed by atoms with Gasteiger partial charge in [-0.1, -0.05) is 5.16 Å². The first-order chi connectivity index (χ1) is 9.65. The molecule has 1 fully saturated rings. The minimum Gasteiger partial charge on any atom is -0.378 e. The predicted molar refractivity (Wildman–Crippen MR) is 61.2 cm³/mol. The Bertz CT molecular complexity index is 603. The van der Waals surface area contributed by atoms with Crippen LogP contribution in [-0.4, -0.2) is 29.9 Å². The molecule has 0 spiro atoms. The van der Waals surface area contributed by atoms with Crippen LogP contribution in [0.2, 0.25) is 0 Å². The molecule has 5 nitrogen and oxygen atoms in total. The Hall–Kier alpha value is -1.93.